The fraction of sp³-hybridized carbons (Fsp3) is 0.688. The van der Waals surface area contributed by atoms with Gasteiger partial charge in [0.2, 0.25) is 0 Å². The highest BCUT2D eigenvalue weighted by Crippen LogP contribution is 2.53. The van der Waals surface area contributed by atoms with Gasteiger partial charge in [-0.3, -0.25) is 4.79 Å². The van der Waals surface area contributed by atoms with Crippen molar-refractivity contribution in [3.63, 3.8) is 0 Å². The SMILES string of the molecule is CC(C)(C)C1CCN(c2sc(C(N)=O)c(N)c2C2CC2)C1. The minimum atomic E-state index is -0.391. The highest BCUT2D eigenvalue weighted by atomic mass is 32.1. The molecule has 0 aromatic carbocycles. The molecule has 1 atom stereocenters. The highest BCUT2D eigenvalue weighted by Gasteiger charge is 2.38. The maximum absolute atomic E-state index is 11.6. The van der Waals surface area contributed by atoms with Gasteiger partial charge >= 0.3 is 0 Å². The van der Waals surface area contributed by atoms with E-state index in [2.05, 4.69) is 25.7 Å². The Morgan fingerprint density at radius 2 is 1.95 bits per heavy atom. The maximum Gasteiger partial charge on any atom is 0.260 e. The van der Waals surface area contributed by atoms with Crippen LogP contribution in [0.3, 0.4) is 0 Å². The Morgan fingerprint density at radius 1 is 1.29 bits per heavy atom. The summed E-state index contributed by atoms with van der Waals surface area (Å²) in [5.41, 5.74) is 13.9. The first-order chi connectivity index (χ1) is 9.79. The lowest BCUT2D eigenvalue weighted by Gasteiger charge is -2.27. The molecule has 1 aliphatic heterocycles. The van der Waals surface area contributed by atoms with Gasteiger partial charge in [-0.15, -0.1) is 11.3 Å². The normalized spacial score (nSPS) is 22.8. The van der Waals surface area contributed by atoms with E-state index in [1.807, 2.05) is 0 Å². The van der Waals surface area contributed by atoms with E-state index in [1.54, 1.807) is 0 Å². The van der Waals surface area contributed by atoms with Gasteiger partial charge in [-0.1, -0.05) is 20.8 Å². The van der Waals surface area contributed by atoms with Crippen molar-refractivity contribution in [1.82, 2.24) is 0 Å². The molecule has 1 aromatic rings. The number of rotatable bonds is 3. The van der Waals surface area contributed by atoms with Crippen LogP contribution in [0.2, 0.25) is 0 Å². The fourth-order valence-corrected chi connectivity index (χ4v) is 4.48. The molecular formula is C16H25N3OS. The number of nitrogens with zero attached hydrogens (tertiary/aromatic N) is 1. The number of primary amides is 1. The molecule has 3 rings (SSSR count). The van der Waals surface area contributed by atoms with Gasteiger partial charge in [-0.05, 0) is 36.5 Å². The molecule has 5 heteroatoms. The molecule has 21 heavy (non-hydrogen) atoms. The van der Waals surface area contributed by atoms with Crippen molar-refractivity contribution >= 4 is 27.9 Å². The van der Waals surface area contributed by atoms with Gasteiger partial charge in [0.1, 0.15) is 4.88 Å². The van der Waals surface area contributed by atoms with E-state index >= 15 is 0 Å². The average Bonchev–Trinajstić information content (AvgIpc) is 2.96. The zero-order chi connectivity index (χ0) is 15.4. The van der Waals surface area contributed by atoms with Crippen LogP contribution >= 0.6 is 11.3 Å². The molecule has 1 aliphatic carbocycles. The summed E-state index contributed by atoms with van der Waals surface area (Å²) in [4.78, 5) is 14.6. The van der Waals surface area contributed by atoms with Gasteiger partial charge in [0, 0.05) is 18.7 Å². The molecular weight excluding hydrogens is 282 g/mol. The third-order valence-electron chi connectivity index (χ3n) is 4.87. The Bertz CT molecular complexity index is 569. The Labute approximate surface area is 130 Å². The summed E-state index contributed by atoms with van der Waals surface area (Å²) in [6, 6.07) is 0. The number of hydrogen-bond donors (Lipinski definition) is 2. The standard InChI is InChI=1S/C16H25N3OS/c1-16(2,3)10-6-7-19(8-10)15-11(9-4-5-9)12(17)13(21-15)14(18)20/h9-10H,4-8,17H2,1-3H3,(H2,18,20). The van der Waals surface area contributed by atoms with Crippen molar-refractivity contribution in [2.75, 3.05) is 23.7 Å². The van der Waals surface area contributed by atoms with Crippen molar-refractivity contribution in [1.29, 1.82) is 0 Å². The lowest BCUT2D eigenvalue weighted by atomic mass is 9.80. The molecule has 0 bridgehead atoms. The van der Waals surface area contributed by atoms with E-state index in [4.69, 9.17) is 11.5 Å². The van der Waals surface area contributed by atoms with Crippen molar-refractivity contribution in [3.8, 4) is 0 Å². The van der Waals surface area contributed by atoms with Crippen LogP contribution in [0.1, 0.15) is 61.2 Å². The minimum Gasteiger partial charge on any atom is -0.397 e. The Hall–Kier alpha value is -1.23. The Balaban J connectivity index is 1.92. The second-order valence-electron chi connectivity index (χ2n) is 7.50. The second kappa shape index (κ2) is 4.90. The van der Waals surface area contributed by atoms with E-state index in [0.29, 0.717) is 27.8 Å². The zero-order valence-electron chi connectivity index (χ0n) is 13.1. The van der Waals surface area contributed by atoms with Crippen molar-refractivity contribution in [2.45, 2.75) is 46.0 Å². The number of carbonyl (C=O) groups is 1. The molecule has 1 unspecified atom stereocenters. The van der Waals surface area contributed by atoms with Crippen LogP contribution in [0.5, 0.6) is 0 Å². The summed E-state index contributed by atoms with van der Waals surface area (Å²) in [6.45, 7) is 9.03. The van der Waals surface area contributed by atoms with Crippen LogP contribution in [0, 0.1) is 11.3 Å². The lowest BCUT2D eigenvalue weighted by molar-refractivity contribution is 0.100. The largest absolute Gasteiger partial charge is 0.397 e. The summed E-state index contributed by atoms with van der Waals surface area (Å²) in [5, 5.41) is 1.20. The van der Waals surface area contributed by atoms with E-state index in [1.165, 1.54) is 41.2 Å². The molecule has 2 aliphatic rings. The topological polar surface area (TPSA) is 72.3 Å². The van der Waals surface area contributed by atoms with Crippen LogP contribution in [0.4, 0.5) is 10.7 Å². The third kappa shape index (κ3) is 2.63. The number of amides is 1. The van der Waals surface area contributed by atoms with E-state index < -0.39 is 5.91 Å². The molecule has 2 heterocycles. The summed E-state index contributed by atoms with van der Waals surface area (Å²) < 4.78 is 0. The molecule has 0 radical (unpaired) electrons. The fourth-order valence-electron chi connectivity index (χ4n) is 3.28. The number of nitrogen functional groups attached to an aromatic ring is 1. The maximum atomic E-state index is 11.6. The first-order valence-electron chi connectivity index (χ1n) is 7.76. The number of thiophene rings is 1. The van der Waals surface area contributed by atoms with Crippen LogP contribution < -0.4 is 16.4 Å². The number of anilines is 2. The molecule has 4 nitrogen and oxygen atoms in total. The van der Waals surface area contributed by atoms with Gasteiger partial charge in [-0.25, -0.2) is 0 Å². The predicted molar refractivity (Wildman–Crippen MR) is 89.0 cm³/mol. The van der Waals surface area contributed by atoms with Crippen LogP contribution in [-0.2, 0) is 0 Å². The molecule has 1 saturated carbocycles. The number of carbonyl (C=O) groups excluding carboxylic acids is 1. The van der Waals surface area contributed by atoms with Gasteiger partial charge in [0.15, 0.2) is 0 Å². The monoisotopic (exact) mass is 307 g/mol. The molecule has 0 spiro atoms. The summed E-state index contributed by atoms with van der Waals surface area (Å²) in [5.74, 6) is 0.833. The van der Waals surface area contributed by atoms with Gasteiger partial charge in [-0.2, -0.15) is 0 Å². The quantitative estimate of drug-likeness (QED) is 0.901. The van der Waals surface area contributed by atoms with Crippen molar-refractivity contribution in [2.24, 2.45) is 17.1 Å². The highest BCUT2D eigenvalue weighted by molar-refractivity contribution is 7.18. The summed E-state index contributed by atoms with van der Waals surface area (Å²) in [7, 11) is 0. The van der Waals surface area contributed by atoms with E-state index in [9.17, 15) is 4.79 Å². The Morgan fingerprint density at radius 3 is 2.43 bits per heavy atom. The first kappa shape index (κ1) is 14.7. The summed E-state index contributed by atoms with van der Waals surface area (Å²) >= 11 is 1.50. The van der Waals surface area contributed by atoms with Crippen molar-refractivity contribution < 1.29 is 4.79 Å². The van der Waals surface area contributed by atoms with Crippen LogP contribution in [0.25, 0.3) is 0 Å². The molecule has 116 valence electrons. The van der Waals surface area contributed by atoms with Crippen molar-refractivity contribution in [3.05, 3.63) is 10.4 Å². The molecule has 1 saturated heterocycles. The molecule has 2 fully saturated rings. The number of hydrogen-bond acceptors (Lipinski definition) is 4. The third-order valence-corrected chi connectivity index (χ3v) is 6.17. The zero-order valence-corrected chi connectivity index (χ0v) is 13.9. The van der Waals surface area contributed by atoms with Gasteiger partial charge in [0.25, 0.3) is 5.91 Å². The first-order valence-corrected chi connectivity index (χ1v) is 8.57. The van der Waals surface area contributed by atoms with Gasteiger partial charge in [0.05, 0.1) is 10.7 Å². The van der Waals surface area contributed by atoms with Gasteiger partial charge < -0.3 is 16.4 Å². The summed E-state index contributed by atoms with van der Waals surface area (Å²) in [6.07, 6.45) is 3.57. The van der Waals surface area contributed by atoms with Crippen LogP contribution in [-0.4, -0.2) is 19.0 Å². The minimum absolute atomic E-state index is 0.323. The second-order valence-corrected chi connectivity index (χ2v) is 8.50. The average molecular weight is 307 g/mol. The molecule has 1 amide bonds. The van der Waals surface area contributed by atoms with Crippen LogP contribution in [0.15, 0.2) is 0 Å². The number of nitrogens with two attached hydrogens (primary N) is 2. The molecule has 1 aromatic heterocycles. The van der Waals surface area contributed by atoms with E-state index in [0.717, 1.165) is 13.1 Å². The lowest BCUT2D eigenvalue weighted by Crippen LogP contribution is -2.25. The molecule has 4 N–H and O–H groups in total. The Kier molecular flexibility index (Phi) is 3.43. The smallest absolute Gasteiger partial charge is 0.260 e. The predicted octanol–water partition coefficient (Wildman–Crippen LogP) is 3.18. The van der Waals surface area contributed by atoms with E-state index in [-0.39, 0.29) is 0 Å².